The zero-order chi connectivity index (χ0) is 27.5. The Balaban J connectivity index is 1.43. The van der Waals surface area contributed by atoms with E-state index in [-0.39, 0.29) is 18.7 Å². The monoisotopic (exact) mass is 557 g/mol. The number of rotatable bonds is 8. The van der Waals surface area contributed by atoms with Gasteiger partial charge in [0.05, 0.1) is 18.3 Å². The van der Waals surface area contributed by atoms with E-state index in [0.29, 0.717) is 32.3 Å². The SMILES string of the molecule is CCOC(=O)c1c(-c2ccccc2)csc1NC(=O)Cn1cnc2scc(-c3ccc(C(C)C)cc3)c2c1=O. The minimum Gasteiger partial charge on any atom is -0.462 e. The summed E-state index contributed by atoms with van der Waals surface area (Å²) in [4.78, 5) is 44.5. The van der Waals surface area contributed by atoms with E-state index in [2.05, 4.69) is 36.3 Å². The zero-order valence-electron chi connectivity index (χ0n) is 21.8. The normalized spacial score (nSPS) is 11.2. The van der Waals surface area contributed by atoms with E-state index in [0.717, 1.165) is 16.7 Å². The van der Waals surface area contributed by atoms with Gasteiger partial charge in [-0.25, -0.2) is 9.78 Å². The highest BCUT2D eigenvalue weighted by Gasteiger charge is 2.23. The molecule has 0 aliphatic carbocycles. The summed E-state index contributed by atoms with van der Waals surface area (Å²) in [6.07, 6.45) is 1.39. The molecule has 0 bridgehead atoms. The number of fused-ring (bicyclic) bond motifs is 1. The molecule has 0 aliphatic heterocycles. The van der Waals surface area contributed by atoms with E-state index in [9.17, 15) is 14.4 Å². The number of carbonyl (C=O) groups is 2. The van der Waals surface area contributed by atoms with Crippen LogP contribution in [0.15, 0.2) is 76.5 Å². The number of amides is 1. The molecule has 0 unspecified atom stereocenters. The molecule has 0 aliphatic rings. The Morgan fingerprint density at radius 1 is 0.974 bits per heavy atom. The maximum atomic E-state index is 13.5. The molecule has 0 radical (unpaired) electrons. The fourth-order valence-electron chi connectivity index (χ4n) is 4.35. The number of aromatic nitrogens is 2. The van der Waals surface area contributed by atoms with Gasteiger partial charge in [-0.15, -0.1) is 22.7 Å². The van der Waals surface area contributed by atoms with Gasteiger partial charge in [-0.05, 0) is 29.5 Å². The molecule has 0 saturated heterocycles. The number of ether oxygens (including phenoxy) is 1. The summed E-state index contributed by atoms with van der Waals surface area (Å²) in [6, 6.07) is 17.6. The quantitative estimate of drug-likeness (QED) is 0.212. The highest BCUT2D eigenvalue weighted by molar-refractivity contribution is 7.17. The van der Waals surface area contributed by atoms with Gasteiger partial charge in [0.15, 0.2) is 0 Å². The molecule has 198 valence electrons. The van der Waals surface area contributed by atoms with Crippen molar-refractivity contribution >= 4 is 49.8 Å². The first-order valence-corrected chi connectivity index (χ1v) is 14.3. The average Bonchev–Trinajstić information content (AvgIpc) is 3.56. The summed E-state index contributed by atoms with van der Waals surface area (Å²) in [5.74, 6) is -0.546. The van der Waals surface area contributed by atoms with Gasteiger partial charge < -0.3 is 10.1 Å². The Labute approximate surface area is 233 Å². The van der Waals surface area contributed by atoms with Gasteiger partial charge in [0, 0.05) is 21.9 Å². The third-order valence-electron chi connectivity index (χ3n) is 6.37. The molecule has 1 amide bonds. The van der Waals surface area contributed by atoms with Gasteiger partial charge in [0.1, 0.15) is 21.9 Å². The molecule has 1 N–H and O–H groups in total. The van der Waals surface area contributed by atoms with E-state index in [4.69, 9.17) is 4.74 Å². The lowest BCUT2D eigenvalue weighted by Gasteiger charge is -2.10. The number of nitrogens with one attached hydrogen (secondary N) is 1. The minimum absolute atomic E-state index is 0.209. The van der Waals surface area contributed by atoms with Crippen LogP contribution in [0.5, 0.6) is 0 Å². The highest BCUT2D eigenvalue weighted by atomic mass is 32.1. The van der Waals surface area contributed by atoms with Crippen LogP contribution in [0.2, 0.25) is 0 Å². The van der Waals surface area contributed by atoms with Crippen molar-refractivity contribution in [3.05, 3.63) is 93.2 Å². The van der Waals surface area contributed by atoms with Crippen LogP contribution < -0.4 is 10.9 Å². The first-order valence-electron chi connectivity index (χ1n) is 12.6. The molecule has 0 atom stereocenters. The smallest absolute Gasteiger partial charge is 0.341 e. The Kier molecular flexibility index (Phi) is 7.72. The molecule has 7 nitrogen and oxygen atoms in total. The third-order valence-corrected chi connectivity index (χ3v) is 8.15. The van der Waals surface area contributed by atoms with Gasteiger partial charge in [0.25, 0.3) is 5.56 Å². The molecular formula is C30H27N3O4S2. The Bertz CT molecular complexity index is 1700. The molecule has 3 heterocycles. The zero-order valence-corrected chi connectivity index (χ0v) is 23.4. The summed E-state index contributed by atoms with van der Waals surface area (Å²) in [6.45, 7) is 5.97. The average molecular weight is 558 g/mol. The number of hydrogen-bond donors (Lipinski definition) is 1. The lowest BCUT2D eigenvalue weighted by Crippen LogP contribution is -2.28. The van der Waals surface area contributed by atoms with Crippen molar-refractivity contribution in [1.82, 2.24) is 9.55 Å². The van der Waals surface area contributed by atoms with E-state index in [1.54, 1.807) is 6.92 Å². The van der Waals surface area contributed by atoms with Crippen LogP contribution >= 0.6 is 22.7 Å². The van der Waals surface area contributed by atoms with Gasteiger partial charge >= 0.3 is 5.97 Å². The van der Waals surface area contributed by atoms with Crippen molar-refractivity contribution in [2.24, 2.45) is 0 Å². The first-order chi connectivity index (χ1) is 18.9. The van der Waals surface area contributed by atoms with Crippen molar-refractivity contribution in [3.8, 4) is 22.3 Å². The number of nitrogens with zero attached hydrogens (tertiary/aromatic N) is 2. The molecule has 0 spiro atoms. The molecule has 0 saturated carbocycles. The number of thiophene rings is 2. The molecule has 2 aromatic carbocycles. The van der Waals surface area contributed by atoms with Gasteiger partial charge in [0.2, 0.25) is 5.91 Å². The molecule has 39 heavy (non-hydrogen) atoms. The number of esters is 1. The molecule has 9 heteroatoms. The van der Waals surface area contributed by atoms with Crippen molar-refractivity contribution in [3.63, 3.8) is 0 Å². The van der Waals surface area contributed by atoms with Crippen LogP contribution in [0.4, 0.5) is 5.00 Å². The summed E-state index contributed by atoms with van der Waals surface area (Å²) in [7, 11) is 0. The summed E-state index contributed by atoms with van der Waals surface area (Å²) < 4.78 is 6.57. The highest BCUT2D eigenvalue weighted by Crippen LogP contribution is 2.36. The standard InChI is InChI=1S/C30H27N3O4S2/c1-4-37-30(36)26-23(20-8-6-5-7-9-20)16-39-28(26)32-24(34)14-33-17-31-27-25(29(33)35)22(15-38-27)21-12-10-19(11-13-21)18(2)3/h5-13,15-18H,4,14H2,1-3H3,(H,32,34). The predicted molar refractivity (Wildman–Crippen MR) is 158 cm³/mol. The molecular weight excluding hydrogens is 530 g/mol. The fraction of sp³-hybridized carbons (Fsp3) is 0.200. The number of anilines is 1. The van der Waals surface area contributed by atoms with E-state index in [1.165, 1.54) is 39.1 Å². The minimum atomic E-state index is -0.514. The van der Waals surface area contributed by atoms with E-state index < -0.39 is 11.9 Å². The second kappa shape index (κ2) is 11.3. The Hall–Kier alpha value is -4.08. The number of carbonyl (C=O) groups excluding carboxylic acids is 2. The molecule has 5 rings (SSSR count). The number of hydrogen-bond acceptors (Lipinski definition) is 7. The summed E-state index contributed by atoms with van der Waals surface area (Å²) in [5, 5.41) is 7.42. The second-order valence-corrected chi connectivity index (χ2v) is 11.0. The molecule has 3 aromatic heterocycles. The first kappa shape index (κ1) is 26.5. The third kappa shape index (κ3) is 5.41. The summed E-state index contributed by atoms with van der Waals surface area (Å²) >= 11 is 2.64. The largest absolute Gasteiger partial charge is 0.462 e. The maximum Gasteiger partial charge on any atom is 0.341 e. The van der Waals surface area contributed by atoms with Crippen LogP contribution in [-0.4, -0.2) is 28.0 Å². The number of benzene rings is 2. The molecule has 0 fully saturated rings. The van der Waals surface area contributed by atoms with Crippen molar-refractivity contribution in [1.29, 1.82) is 0 Å². The topological polar surface area (TPSA) is 90.3 Å². The van der Waals surface area contributed by atoms with Crippen LogP contribution in [-0.2, 0) is 16.1 Å². The summed E-state index contributed by atoms with van der Waals surface area (Å²) in [5.41, 5.74) is 4.48. The predicted octanol–water partition coefficient (Wildman–Crippen LogP) is 6.79. The fourth-order valence-corrected chi connectivity index (χ4v) is 6.23. The Morgan fingerprint density at radius 2 is 1.67 bits per heavy atom. The van der Waals surface area contributed by atoms with Crippen molar-refractivity contribution in [2.75, 3.05) is 11.9 Å². The van der Waals surface area contributed by atoms with Crippen molar-refractivity contribution in [2.45, 2.75) is 33.2 Å². The lowest BCUT2D eigenvalue weighted by atomic mass is 9.99. The van der Waals surface area contributed by atoms with Crippen LogP contribution in [0.25, 0.3) is 32.5 Å². The molecule has 5 aromatic rings. The maximum absolute atomic E-state index is 13.5. The second-order valence-electron chi connectivity index (χ2n) is 9.27. The Morgan fingerprint density at radius 3 is 2.36 bits per heavy atom. The van der Waals surface area contributed by atoms with Gasteiger partial charge in [-0.1, -0.05) is 68.4 Å². The lowest BCUT2D eigenvalue weighted by molar-refractivity contribution is -0.116. The van der Waals surface area contributed by atoms with Crippen LogP contribution in [0, 0.1) is 0 Å². The van der Waals surface area contributed by atoms with Crippen LogP contribution in [0.1, 0.15) is 42.6 Å². The van der Waals surface area contributed by atoms with Gasteiger partial charge in [-0.3, -0.25) is 14.2 Å². The van der Waals surface area contributed by atoms with Crippen molar-refractivity contribution < 1.29 is 14.3 Å². The van der Waals surface area contributed by atoms with E-state index >= 15 is 0 Å². The van der Waals surface area contributed by atoms with Crippen LogP contribution in [0.3, 0.4) is 0 Å². The van der Waals surface area contributed by atoms with Gasteiger partial charge in [-0.2, -0.15) is 0 Å². The van der Waals surface area contributed by atoms with E-state index in [1.807, 2.05) is 53.2 Å².